The molecule has 0 spiro atoms. The van der Waals surface area contributed by atoms with Crippen LogP contribution in [0.1, 0.15) is 32.6 Å². The van der Waals surface area contributed by atoms with Crippen molar-refractivity contribution < 1.29 is 31.8 Å². The summed E-state index contributed by atoms with van der Waals surface area (Å²) < 4.78 is 58.4. The first-order chi connectivity index (χ1) is 15.7. The van der Waals surface area contributed by atoms with Gasteiger partial charge in [-0.1, -0.05) is 24.3 Å². The van der Waals surface area contributed by atoms with Gasteiger partial charge < -0.3 is 14.2 Å². The maximum atomic E-state index is 13.9. The smallest absolute Gasteiger partial charge is 0.340 e. The molecule has 1 N–H and O–H groups in total. The van der Waals surface area contributed by atoms with E-state index >= 15 is 0 Å². The molecule has 0 radical (unpaired) electrons. The molecule has 0 fully saturated rings. The van der Waals surface area contributed by atoms with Gasteiger partial charge in [0.25, 0.3) is 10.0 Å². The molecule has 33 heavy (non-hydrogen) atoms. The van der Waals surface area contributed by atoms with Crippen LogP contribution in [0.15, 0.2) is 59.5 Å². The van der Waals surface area contributed by atoms with Crippen molar-refractivity contribution in [2.24, 2.45) is 0 Å². The summed E-state index contributed by atoms with van der Waals surface area (Å²) in [5.74, 6) is -0.853. The van der Waals surface area contributed by atoms with Crippen LogP contribution < -0.4 is 9.46 Å². The van der Waals surface area contributed by atoms with Crippen LogP contribution >= 0.6 is 0 Å². The van der Waals surface area contributed by atoms with E-state index < -0.39 is 21.8 Å². The van der Waals surface area contributed by atoms with E-state index in [2.05, 4.69) is 4.72 Å². The first-order valence-electron chi connectivity index (χ1n) is 10.1. The van der Waals surface area contributed by atoms with Crippen LogP contribution in [0, 0.1) is 19.7 Å². The Morgan fingerprint density at radius 2 is 1.91 bits per heavy atom. The number of carbonyl (C=O) groups excluding carboxylic acids is 1. The lowest BCUT2D eigenvalue weighted by Gasteiger charge is -2.21. The lowest BCUT2D eigenvalue weighted by atomic mass is 10.1. The second-order valence-electron chi connectivity index (χ2n) is 7.66. The maximum absolute atomic E-state index is 13.9. The highest BCUT2D eigenvalue weighted by molar-refractivity contribution is 7.92. The van der Waals surface area contributed by atoms with Gasteiger partial charge in [0.1, 0.15) is 18.2 Å². The predicted molar refractivity (Wildman–Crippen MR) is 119 cm³/mol. The van der Waals surface area contributed by atoms with E-state index in [1.54, 1.807) is 38.1 Å². The van der Waals surface area contributed by atoms with Gasteiger partial charge in [0, 0.05) is 11.1 Å². The highest BCUT2D eigenvalue weighted by Gasteiger charge is 2.22. The first kappa shape index (κ1) is 22.8. The number of carbonyl (C=O) groups is 1. The summed E-state index contributed by atoms with van der Waals surface area (Å²) in [6.07, 6.45) is 0. The van der Waals surface area contributed by atoms with Crippen molar-refractivity contribution in [2.45, 2.75) is 32.0 Å². The molecule has 0 unspecified atom stereocenters. The van der Waals surface area contributed by atoms with Gasteiger partial charge in [0.15, 0.2) is 6.79 Å². The highest BCUT2D eigenvalue weighted by atomic mass is 32.2. The van der Waals surface area contributed by atoms with Crippen molar-refractivity contribution in [3.63, 3.8) is 0 Å². The molecule has 1 heterocycles. The lowest BCUT2D eigenvalue weighted by molar-refractivity contribution is -0.0182. The number of ether oxygens (including phenoxy) is 3. The minimum absolute atomic E-state index is 0.0164. The topological polar surface area (TPSA) is 90.9 Å². The number of sulfonamides is 1. The average molecular weight is 472 g/mol. The molecule has 0 saturated carbocycles. The van der Waals surface area contributed by atoms with E-state index in [9.17, 15) is 17.6 Å². The number of nitrogens with one attached hydrogen (secondary N) is 1. The van der Waals surface area contributed by atoms with E-state index in [1.807, 2.05) is 6.07 Å². The van der Waals surface area contributed by atoms with Gasteiger partial charge in [-0.3, -0.25) is 4.72 Å². The van der Waals surface area contributed by atoms with Gasteiger partial charge in [-0.2, -0.15) is 0 Å². The van der Waals surface area contributed by atoms with Gasteiger partial charge in [-0.25, -0.2) is 17.6 Å². The van der Waals surface area contributed by atoms with E-state index in [-0.39, 0.29) is 36.2 Å². The van der Waals surface area contributed by atoms with Crippen molar-refractivity contribution >= 4 is 21.7 Å². The van der Waals surface area contributed by atoms with Crippen LogP contribution in [0.3, 0.4) is 0 Å². The number of hydrogen-bond donors (Lipinski definition) is 1. The Morgan fingerprint density at radius 3 is 2.73 bits per heavy atom. The Hall–Kier alpha value is -3.43. The number of rotatable bonds is 6. The molecule has 4 rings (SSSR count). The Labute approximate surface area is 191 Å². The van der Waals surface area contributed by atoms with Gasteiger partial charge in [0.05, 0.1) is 22.8 Å². The molecule has 0 saturated heterocycles. The molecule has 1 aliphatic rings. The zero-order valence-electron chi connectivity index (χ0n) is 18.1. The quantitative estimate of drug-likeness (QED) is 0.534. The van der Waals surface area contributed by atoms with Crippen LogP contribution in [-0.4, -0.2) is 21.2 Å². The summed E-state index contributed by atoms with van der Waals surface area (Å²) in [6.45, 7) is 3.45. The first-order valence-corrected chi connectivity index (χ1v) is 11.6. The molecule has 3 aromatic carbocycles. The largest absolute Gasteiger partial charge is 0.467 e. The molecule has 0 atom stereocenters. The molecular weight excluding hydrogens is 449 g/mol. The van der Waals surface area contributed by atoms with Crippen molar-refractivity contribution in [1.82, 2.24) is 0 Å². The third-order valence-corrected chi connectivity index (χ3v) is 6.64. The number of esters is 1. The summed E-state index contributed by atoms with van der Waals surface area (Å²) in [5, 5.41) is 0. The molecule has 0 aromatic heterocycles. The van der Waals surface area contributed by atoms with E-state index in [4.69, 9.17) is 14.2 Å². The number of hydrogen-bond acceptors (Lipinski definition) is 6. The Balaban J connectivity index is 1.56. The van der Waals surface area contributed by atoms with Crippen molar-refractivity contribution in [1.29, 1.82) is 0 Å². The zero-order valence-corrected chi connectivity index (χ0v) is 18.9. The van der Waals surface area contributed by atoms with Crippen LogP contribution in [0.2, 0.25) is 0 Å². The minimum atomic E-state index is -3.95. The number of aryl methyl sites for hydroxylation is 2. The number of anilines is 1. The summed E-state index contributed by atoms with van der Waals surface area (Å²) in [4.78, 5) is 12.9. The van der Waals surface area contributed by atoms with Crippen LogP contribution in [0.25, 0.3) is 0 Å². The lowest BCUT2D eigenvalue weighted by Crippen LogP contribution is -2.18. The monoisotopic (exact) mass is 471 g/mol. The van der Waals surface area contributed by atoms with Crippen molar-refractivity contribution in [2.75, 3.05) is 11.5 Å². The predicted octanol–water partition coefficient (Wildman–Crippen LogP) is 4.47. The summed E-state index contributed by atoms with van der Waals surface area (Å²) in [6, 6.07) is 13.8. The minimum Gasteiger partial charge on any atom is -0.467 e. The van der Waals surface area contributed by atoms with Crippen molar-refractivity contribution in [3.05, 3.63) is 88.2 Å². The Bertz CT molecular complexity index is 1320. The van der Waals surface area contributed by atoms with Gasteiger partial charge >= 0.3 is 5.97 Å². The van der Waals surface area contributed by atoms with Gasteiger partial charge in [0.2, 0.25) is 0 Å². The normalized spacial score (nSPS) is 13.1. The van der Waals surface area contributed by atoms with Crippen LogP contribution in [0.4, 0.5) is 10.1 Å². The average Bonchev–Trinajstić information content (AvgIpc) is 2.78. The third kappa shape index (κ3) is 4.99. The molecular formula is C24H22FNO6S. The standard InChI is InChI=1S/C24H22FNO6S/c1-15-7-8-16(2)22(9-15)33(28,29)26-21-6-4-3-5-20(21)24(27)31-13-18-11-19(25)10-17-12-30-14-32-23(17)18/h3-11,26H,12-14H2,1-2H3. The number of benzene rings is 3. The zero-order chi connectivity index (χ0) is 23.6. The summed E-state index contributed by atoms with van der Waals surface area (Å²) in [7, 11) is -3.95. The fourth-order valence-electron chi connectivity index (χ4n) is 3.53. The molecule has 3 aromatic rings. The Kier molecular flexibility index (Phi) is 6.35. The molecule has 0 bridgehead atoms. The summed E-state index contributed by atoms with van der Waals surface area (Å²) >= 11 is 0. The Morgan fingerprint density at radius 1 is 1.12 bits per heavy atom. The molecule has 0 amide bonds. The fourth-order valence-corrected chi connectivity index (χ4v) is 4.94. The fraction of sp³-hybridized carbons (Fsp3) is 0.208. The molecule has 1 aliphatic heterocycles. The molecule has 9 heteroatoms. The maximum Gasteiger partial charge on any atom is 0.340 e. The molecule has 7 nitrogen and oxygen atoms in total. The number of para-hydroxylation sites is 1. The van der Waals surface area contributed by atoms with Gasteiger partial charge in [-0.15, -0.1) is 0 Å². The van der Waals surface area contributed by atoms with Crippen molar-refractivity contribution in [3.8, 4) is 5.75 Å². The molecule has 172 valence electrons. The second-order valence-corrected chi connectivity index (χ2v) is 9.31. The van der Waals surface area contributed by atoms with E-state index in [1.165, 1.54) is 24.3 Å². The van der Waals surface area contributed by atoms with E-state index in [0.717, 1.165) is 5.56 Å². The highest BCUT2D eigenvalue weighted by Crippen LogP contribution is 2.30. The third-order valence-electron chi connectivity index (χ3n) is 5.13. The summed E-state index contributed by atoms with van der Waals surface area (Å²) in [5.41, 5.74) is 2.35. The second kappa shape index (κ2) is 9.21. The number of fused-ring (bicyclic) bond motifs is 1. The SMILES string of the molecule is Cc1ccc(C)c(S(=O)(=O)Nc2ccccc2C(=O)OCc2cc(F)cc3c2OCOC3)c1. The van der Waals surface area contributed by atoms with Crippen LogP contribution in [0.5, 0.6) is 5.75 Å². The van der Waals surface area contributed by atoms with Gasteiger partial charge in [-0.05, 0) is 55.3 Å². The number of halogens is 1. The van der Waals surface area contributed by atoms with Crippen LogP contribution in [-0.2, 0) is 32.7 Å². The van der Waals surface area contributed by atoms with E-state index in [0.29, 0.717) is 22.4 Å². The molecule has 0 aliphatic carbocycles.